The van der Waals surface area contributed by atoms with Crippen LogP contribution in [0.25, 0.3) is 0 Å². The maximum Gasteiger partial charge on any atom is 0.122 e. The molecule has 0 bridgehead atoms. The van der Waals surface area contributed by atoms with Gasteiger partial charge in [0.1, 0.15) is 17.0 Å². The SMILES string of the molecule is CCCCCCc1cc(C#N)c(C#N)s1. The van der Waals surface area contributed by atoms with Gasteiger partial charge in [-0.1, -0.05) is 26.2 Å². The average Bonchev–Trinajstić information content (AvgIpc) is 2.67. The van der Waals surface area contributed by atoms with E-state index in [0.29, 0.717) is 10.4 Å². The fourth-order valence-electron chi connectivity index (χ4n) is 1.46. The summed E-state index contributed by atoms with van der Waals surface area (Å²) in [5.74, 6) is 0. The van der Waals surface area contributed by atoms with E-state index >= 15 is 0 Å². The summed E-state index contributed by atoms with van der Waals surface area (Å²) >= 11 is 1.46. The molecule has 3 heteroatoms. The molecule has 1 aromatic rings. The fourth-order valence-corrected chi connectivity index (χ4v) is 2.40. The molecule has 0 atom stereocenters. The minimum absolute atomic E-state index is 0.535. The van der Waals surface area contributed by atoms with Crippen molar-refractivity contribution in [2.24, 2.45) is 0 Å². The van der Waals surface area contributed by atoms with Crippen molar-refractivity contribution in [1.82, 2.24) is 0 Å². The van der Waals surface area contributed by atoms with Gasteiger partial charge in [-0.2, -0.15) is 10.5 Å². The standard InChI is InChI=1S/C12H14N2S/c1-2-3-4-5-6-11-7-10(8-13)12(9-14)15-11/h7H,2-6H2,1H3. The van der Waals surface area contributed by atoms with E-state index < -0.39 is 0 Å². The van der Waals surface area contributed by atoms with Crippen LogP contribution in [0.3, 0.4) is 0 Å². The number of hydrogen-bond acceptors (Lipinski definition) is 3. The number of hydrogen-bond donors (Lipinski definition) is 0. The average molecular weight is 218 g/mol. The molecule has 0 radical (unpaired) electrons. The lowest BCUT2D eigenvalue weighted by Crippen LogP contribution is -1.80. The second-order valence-electron chi connectivity index (χ2n) is 3.49. The number of unbranched alkanes of at least 4 members (excludes halogenated alkanes) is 3. The van der Waals surface area contributed by atoms with Crippen LogP contribution in [0.5, 0.6) is 0 Å². The van der Waals surface area contributed by atoms with E-state index in [0.717, 1.165) is 12.8 Å². The second kappa shape index (κ2) is 6.22. The molecule has 0 saturated heterocycles. The van der Waals surface area contributed by atoms with Gasteiger partial charge < -0.3 is 0 Å². The minimum Gasteiger partial charge on any atom is -0.192 e. The van der Waals surface area contributed by atoms with Gasteiger partial charge in [-0.15, -0.1) is 11.3 Å². The molecule has 2 nitrogen and oxygen atoms in total. The van der Waals surface area contributed by atoms with Crippen LogP contribution in [0.2, 0.25) is 0 Å². The van der Waals surface area contributed by atoms with Crippen LogP contribution in [0.1, 0.15) is 47.9 Å². The highest BCUT2D eigenvalue weighted by molar-refractivity contribution is 7.12. The van der Waals surface area contributed by atoms with Crippen molar-refractivity contribution in [1.29, 1.82) is 10.5 Å². The molecule has 1 heterocycles. The summed E-state index contributed by atoms with van der Waals surface area (Å²) in [6.07, 6.45) is 5.89. The van der Waals surface area contributed by atoms with E-state index in [1.54, 1.807) is 0 Å². The van der Waals surface area contributed by atoms with E-state index in [4.69, 9.17) is 10.5 Å². The van der Waals surface area contributed by atoms with Crippen LogP contribution < -0.4 is 0 Å². The van der Waals surface area contributed by atoms with Gasteiger partial charge in [0.05, 0.1) is 5.56 Å². The molecule has 0 aromatic carbocycles. The molecule has 0 unspecified atom stereocenters. The van der Waals surface area contributed by atoms with Gasteiger partial charge in [0.15, 0.2) is 0 Å². The monoisotopic (exact) mass is 218 g/mol. The van der Waals surface area contributed by atoms with Gasteiger partial charge in [0.2, 0.25) is 0 Å². The first-order valence-electron chi connectivity index (χ1n) is 5.24. The highest BCUT2D eigenvalue weighted by Crippen LogP contribution is 2.22. The summed E-state index contributed by atoms with van der Waals surface area (Å²) < 4.78 is 0. The Bertz CT molecular complexity index is 361. The Balaban J connectivity index is 2.53. The van der Waals surface area contributed by atoms with Crippen molar-refractivity contribution in [2.75, 3.05) is 0 Å². The maximum absolute atomic E-state index is 8.78. The van der Waals surface area contributed by atoms with E-state index in [-0.39, 0.29) is 0 Å². The maximum atomic E-state index is 8.78. The Labute approximate surface area is 94.8 Å². The van der Waals surface area contributed by atoms with Gasteiger partial charge in [-0.05, 0) is 18.9 Å². The summed E-state index contributed by atoms with van der Waals surface area (Å²) in [7, 11) is 0. The first-order valence-corrected chi connectivity index (χ1v) is 6.06. The third-order valence-corrected chi connectivity index (χ3v) is 3.38. The third kappa shape index (κ3) is 3.38. The molecule has 1 rings (SSSR count). The molecular weight excluding hydrogens is 204 g/mol. The van der Waals surface area contributed by atoms with E-state index in [9.17, 15) is 0 Å². The topological polar surface area (TPSA) is 47.6 Å². The van der Waals surface area contributed by atoms with E-state index in [1.165, 1.54) is 35.5 Å². The lowest BCUT2D eigenvalue weighted by molar-refractivity contribution is 0.670. The minimum atomic E-state index is 0.535. The molecule has 15 heavy (non-hydrogen) atoms. The lowest BCUT2D eigenvalue weighted by atomic mass is 10.1. The molecule has 78 valence electrons. The summed E-state index contributed by atoms with van der Waals surface area (Å²) in [5.41, 5.74) is 0.535. The first-order chi connectivity index (χ1) is 7.31. The Morgan fingerprint density at radius 2 is 2.00 bits per heavy atom. The van der Waals surface area contributed by atoms with Gasteiger partial charge in [0.25, 0.3) is 0 Å². The zero-order chi connectivity index (χ0) is 11.1. The summed E-state index contributed by atoms with van der Waals surface area (Å²) in [5, 5.41) is 17.6. The van der Waals surface area contributed by atoms with Crippen molar-refractivity contribution >= 4 is 11.3 Å². The van der Waals surface area contributed by atoms with E-state index in [2.05, 4.69) is 19.1 Å². The largest absolute Gasteiger partial charge is 0.192 e. The Hall–Kier alpha value is -1.32. The molecular formula is C12H14N2S. The zero-order valence-electron chi connectivity index (χ0n) is 8.92. The van der Waals surface area contributed by atoms with Crippen LogP contribution in [-0.4, -0.2) is 0 Å². The van der Waals surface area contributed by atoms with E-state index in [1.807, 2.05) is 6.07 Å². The highest BCUT2D eigenvalue weighted by Gasteiger charge is 2.07. The predicted molar refractivity (Wildman–Crippen MR) is 61.6 cm³/mol. The van der Waals surface area contributed by atoms with Gasteiger partial charge >= 0.3 is 0 Å². The van der Waals surface area contributed by atoms with Crippen molar-refractivity contribution in [3.8, 4) is 12.1 Å². The molecule has 1 aromatic heterocycles. The molecule has 0 spiro atoms. The molecule has 0 amide bonds. The number of thiophene rings is 1. The smallest absolute Gasteiger partial charge is 0.122 e. The highest BCUT2D eigenvalue weighted by atomic mass is 32.1. The van der Waals surface area contributed by atoms with Crippen LogP contribution in [0.4, 0.5) is 0 Å². The van der Waals surface area contributed by atoms with Gasteiger partial charge in [0, 0.05) is 4.88 Å². The van der Waals surface area contributed by atoms with Gasteiger partial charge in [-0.3, -0.25) is 0 Å². The number of aryl methyl sites for hydroxylation is 1. The Morgan fingerprint density at radius 3 is 2.53 bits per heavy atom. The van der Waals surface area contributed by atoms with Crippen LogP contribution >= 0.6 is 11.3 Å². The fraction of sp³-hybridized carbons (Fsp3) is 0.500. The molecule has 0 N–H and O–H groups in total. The predicted octanol–water partition coefficient (Wildman–Crippen LogP) is 3.61. The van der Waals surface area contributed by atoms with Crippen LogP contribution in [0.15, 0.2) is 6.07 Å². The number of rotatable bonds is 5. The molecule has 0 aliphatic carbocycles. The van der Waals surface area contributed by atoms with Crippen molar-refractivity contribution in [3.63, 3.8) is 0 Å². The number of nitriles is 2. The third-order valence-electron chi connectivity index (χ3n) is 2.28. The summed E-state index contributed by atoms with van der Waals surface area (Å²) in [6, 6.07) is 5.98. The summed E-state index contributed by atoms with van der Waals surface area (Å²) in [6.45, 7) is 2.19. The Morgan fingerprint density at radius 1 is 1.20 bits per heavy atom. The molecule has 0 saturated carbocycles. The van der Waals surface area contributed by atoms with Crippen molar-refractivity contribution in [3.05, 3.63) is 21.4 Å². The zero-order valence-corrected chi connectivity index (χ0v) is 9.73. The Kier molecular flexibility index (Phi) is 4.87. The molecule has 0 aliphatic heterocycles. The molecule has 0 fully saturated rings. The van der Waals surface area contributed by atoms with Crippen molar-refractivity contribution < 1.29 is 0 Å². The van der Waals surface area contributed by atoms with Crippen LogP contribution in [0, 0.1) is 22.7 Å². The quantitative estimate of drug-likeness (QED) is 0.709. The normalized spacial score (nSPS) is 9.53. The summed E-state index contributed by atoms with van der Waals surface area (Å²) in [4.78, 5) is 1.72. The number of nitrogens with zero attached hydrogens (tertiary/aromatic N) is 2. The van der Waals surface area contributed by atoms with Crippen molar-refractivity contribution in [2.45, 2.75) is 39.0 Å². The lowest BCUT2D eigenvalue weighted by Gasteiger charge is -1.95. The molecule has 0 aliphatic rings. The van der Waals surface area contributed by atoms with Crippen LogP contribution in [-0.2, 0) is 6.42 Å². The first kappa shape index (κ1) is 11.8. The second-order valence-corrected chi connectivity index (χ2v) is 4.63. The van der Waals surface area contributed by atoms with Gasteiger partial charge in [-0.25, -0.2) is 0 Å².